The van der Waals surface area contributed by atoms with Crippen LogP contribution in [0.3, 0.4) is 0 Å². The second-order valence-corrected chi connectivity index (χ2v) is 10.9. The molecular formula is C32H32N4O3Zn. The predicted octanol–water partition coefficient (Wildman–Crippen LogP) is 3.34. The molecule has 1 aliphatic carbocycles. The van der Waals surface area contributed by atoms with Gasteiger partial charge in [-0.1, -0.05) is 25.5 Å². The second-order valence-electron chi connectivity index (χ2n) is 10.9. The van der Waals surface area contributed by atoms with Crippen molar-refractivity contribution >= 4 is 40.5 Å². The Morgan fingerprint density at radius 1 is 1.10 bits per heavy atom. The van der Waals surface area contributed by atoms with Crippen molar-refractivity contribution in [1.29, 1.82) is 0 Å². The molecule has 0 amide bonds. The molecule has 0 N–H and O–H groups in total. The van der Waals surface area contributed by atoms with Crippen LogP contribution in [0.4, 0.5) is 0 Å². The van der Waals surface area contributed by atoms with Crippen molar-refractivity contribution in [3.63, 3.8) is 0 Å². The van der Waals surface area contributed by atoms with Crippen molar-refractivity contribution in [2.45, 2.75) is 60.3 Å². The van der Waals surface area contributed by atoms with E-state index in [-0.39, 0.29) is 55.9 Å². The average molecular weight is 586 g/mol. The zero-order valence-electron chi connectivity index (χ0n) is 24.0. The van der Waals surface area contributed by atoms with Crippen LogP contribution in [0.25, 0.3) is 17.4 Å². The van der Waals surface area contributed by atoms with Gasteiger partial charge in [-0.3, -0.25) is 9.79 Å². The summed E-state index contributed by atoms with van der Waals surface area (Å²) in [7, 11) is 1.41. The van der Waals surface area contributed by atoms with Gasteiger partial charge in [-0.25, -0.2) is 9.98 Å². The number of hydrogen-bond acceptors (Lipinski definition) is 6. The Morgan fingerprint density at radius 2 is 1.88 bits per heavy atom. The minimum Gasteiger partial charge on any atom is -0.875 e. The predicted molar refractivity (Wildman–Crippen MR) is 152 cm³/mol. The first-order valence-corrected chi connectivity index (χ1v) is 13.6. The van der Waals surface area contributed by atoms with Gasteiger partial charge < -0.3 is 14.8 Å². The van der Waals surface area contributed by atoms with Crippen LogP contribution in [0.15, 0.2) is 67.0 Å². The number of aromatic nitrogens is 1. The van der Waals surface area contributed by atoms with Crippen molar-refractivity contribution in [2.24, 2.45) is 26.8 Å². The third kappa shape index (κ3) is 4.47. The van der Waals surface area contributed by atoms with E-state index in [1.54, 1.807) is 0 Å². The first-order valence-electron chi connectivity index (χ1n) is 13.6. The van der Waals surface area contributed by atoms with Gasteiger partial charge >= 0.3 is 25.4 Å². The molecule has 0 saturated carbocycles. The van der Waals surface area contributed by atoms with Crippen molar-refractivity contribution in [3.8, 4) is 0 Å². The summed E-state index contributed by atoms with van der Waals surface area (Å²) in [6, 6.07) is 0. The van der Waals surface area contributed by atoms with Gasteiger partial charge in [0.05, 0.1) is 29.9 Å². The minimum absolute atomic E-state index is 0. The molecule has 40 heavy (non-hydrogen) atoms. The number of nitrogens with zero attached hydrogens (tertiary/aromatic N) is 4. The van der Waals surface area contributed by atoms with Crippen LogP contribution in [0.1, 0.15) is 64.6 Å². The summed E-state index contributed by atoms with van der Waals surface area (Å²) in [6.45, 7) is 10.4. The molecule has 0 fully saturated rings. The third-order valence-corrected chi connectivity index (χ3v) is 8.60. The van der Waals surface area contributed by atoms with E-state index < -0.39 is 0 Å². The van der Waals surface area contributed by atoms with Crippen LogP contribution in [-0.4, -0.2) is 30.2 Å². The van der Waals surface area contributed by atoms with Crippen LogP contribution >= 0.6 is 0 Å². The number of allylic oxidation sites excluding steroid dienone is 7. The van der Waals surface area contributed by atoms with Gasteiger partial charge in [0.25, 0.3) is 0 Å². The standard InChI is InChI=1S/C32H33N4O3.Zn/c1-7-20-16(3)24-11-19-10-15(2)23(33-19)13-25-17(4)21(8-9-29(38)39-6)31(35-25)22-12-28(37)30-18(5)26(36-32(22)30)14-27(20)34-24;/h10-11,13-14,17,21H,7-9,12H2,1-6H3,(H-,33,34,35,36,37);/q-1;+2/p-1/t17-,21-;/m0./s1. The Labute approximate surface area is 247 Å². The summed E-state index contributed by atoms with van der Waals surface area (Å²) >= 11 is 0. The van der Waals surface area contributed by atoms with Gasteiger partial charge in [-0.2, -0.15) is 0 Å². The zero-order chi connectivity index (χ0) is 27.6. The van der Waals surface area contributed by atoms with E-state index in [2.05, 4.69) is 39.8 Å². The average Bonchev–Trinajstić information content (AvgIpc) is 3.66. The number of esters is 1. The first kappa shape index (κ1) is 28.2. The maximum Gasteiger partial charge on any atom is 2.00 e. The Morgan fingerprint density at radius 3 is 2.60 bits per heavy atom. The topological polar surface area (TPSA) is 101 Å². The van der Waals surface area contributed by atoms with Crippen molar-refractivity contribution in [1.82, 2.24) is 4.98 Å². The number of rotatable bonds is 4. The van der Waals surface area contributed by atoms with Gasteiger partial charge in [0.15, 0.2) is 0 Å². The molecule has 0 aromatic carbocycles. The number of ether oxygens (including phenoxy) is 1. The fraction of sp³-hybridized carbons (Fsp3) is 0.375. The minimum atomic E-state index is -0.248. The van der Waals surface area contributed by atoms with Crippen LogP contribution in [0, 0.1) is 18.8 Å². The summed E-state index contributed by atoms with van der Waals surface area (Å²) in [5.74, 6) is -0.161. The number of aliphatic imine (C=N–C) groups is 3. The summed E-state index contributed by atoms with van der Waals surface area (Å²) in [6.07, 6.45) is 10.2. The maximum atomic E-state index is 13.3. The fourth-order valence-corrected chi connectivity index (χ4v) is 6.31. The molecule has 1 aromatic heterocycles. The number of hydrogen-bond donors (Lipinski definition) is 0. The molecule has 0 radical (unpaired) electrons. The van der Waals surface area contributed by atoms with E-state index in [4.69, 9.17) is 24.7 Å². The van der Waals surface area contributed by atoms with Crippen LogP contribution < -0.4 is 20.7 Å². The third-order valence-electron chi connectivity index (χ3n) is 8.60. The van der Waals surface area contributed by atoms with Gasteiger partial charge in [-0.05, 0) is 85.8 Å². The normalized spacial score (nSPS) is 22.8. The van der Waals surface area contributed by atoms with Gasteiger partial charge in [0.1, 0.15) is 0 Å². The van der Waals surface area contributed by atoms with E-state index in [1.807, 2.05) is 19.1 Å². The van der Waals surface area contributed by atoms with E-state index in [9.17, 15) is 9.90 Å². The quantitative estimate of drug-likeness (QED) is 0.400. The number of carbonyl (C=O) groups excluding carboxylic acids is 1. The Kier molecular flexibility index (Phi) is 7.43. The molecule has 7 nitrogen and oxygen atoms in total. The van der Waals surface area contributed by atoms with Crippen molar-refractivity contribution in [3.05, 3.63) is 73.9 Å². The Bertz CT molecular complexity index is 1720. The zero-order valence-corrected chi connectivity index (χ0v) is 27.0. The monoisotopic (exact) mass is 584 g/mol. The molecule has 6 rings (SSSR count). The summed E-state index contributed by atoms with van der Waals surface area (Å²) in [5.41, 5.74) is 11.2. The Hall–Kier alpha value is -3.38. The molecular weight excluding hydrogens is 554 g/mol. The molecule has 8 heteroatoms. The molecule has 1 aromatic rings. The summed E-state index contributed by atoms with van der Waals surface area (Å²) < 4.78 is 4.93. The van der Waals surface area contributed by atoms with E-state index >= 15 is 0 Å². The molecule has 5 heterocycles. The van der Waals surface area contributed by atoms with Gasteiger partial charge in [0, 0.05) is 29.7 Å². The van der Waals surface area contributed by atoms with E-state index in [0.717, 1.165) is 74.0 Å². The second kappa shape index (κ2) is 10.5. The van der Waals surface area contributed by atoms with Crippen LogP contribution in [0.2, 0.25) is 0 Å². The largest absolute Gasteiger partial charge is 2.00 e. The molecule has 4 aliphatic heterocycles. The fourth-order valence-electron chi connectivity index (χ4n) is 6.31. The maximum absolute atomic E-state index is 13.3. The molecule has 5 aliphatic rings. The SMILES string of the molecule is CCC1=C(C)C2=NC1=Cc1[n-]c3c(c1C)=C([O-])CC=3C1=NC(=CC3=NC(=C2)C=C3C)[C@@H](C)[C@@H]1CCC(=O)OC.[Zn+2]. The van der Waals surface area contributed by atoms with Crippen LogP contribution in [-0.2, 0) is 29.0 Å². The molecule has 2 atom stereocenters. The van der Waals surface area contributed by atoms with E-state index in [1.165, 1.54) is 12.7 Å². The Balaban J connectivity index is 0.00000323. The smallest absolute Gasteiger partial charge is 0.875 e. The van der Waals surface area contributed by atoms with Crippen LogP contribution in [0.5, 0.6) is 0 Å². The molecule has 200 valence electrons. The molecule has 8 bridgehead atoms. The molecule has 0 saturated heterocycles. The number of carbonyl (C=O) groups is 1. The van der Waals surface area contributed by atoms with Gasteiger partial charge in [-0.15, -0.1) is 16.8 Å². The van der Waals surface area contributed by atoms with Crippen molar-refractivity contribution in [2.75, 3.05) is 7.11 Å². The van der Waals surface area contributed by atoms with Gasteiger partial charge in [0.2, 0.25) is 0 Å². The summed E-state index contributed by atoms with van der Waals surface area (Å²) in [4.78, 5) is 32.1. The number of fused-ring (bicyclic) bond motifs is 5. The molecule has 0 unspecified atom stereocenters. The molecule has 0 spiro atoms. The first-order chi connectivity index (χ1) is 18.7. The van der Waals surface area contributed by atoms with Crippen molar-refractivity contribution < 1.29 is 34.1 Å². The summed E-state index contributed by atoms with van der Waals surface area (Å²) in [5, 5.41) is 14.8. The van der Waals surface area contributed by atoms with E-state index in [0.29, 0.717) is 11.6 Å². The number of methoxy groups -OCH3 is 1.